The average Bonchev–Trinajstić information content (AvgIpc) is 2.59. The quantitative estimate of drug-likeness (QED) is 0.480. The third-order valence-corrected chi connectivity index (χ3v) is 4.83. The lowest BCUT2D eigenvalue weighted by molar-refractivity contribution is -0.123. The molecule has 0 aromatic rings. The number of hydrogen-bond donors (Lipinski definition) is 2. The average molecular weight is 383 g/mol. The van der Waals surface area contributed by atoms with Crippen molar-refractivity contribution in [1.29, 1.82) is 0 Å². The van der Waals surface area contributed by atoms with E-state index in [9.17, 15) is 14.4 Å². The Morgan fingerprint density at radius 3 is 2.30 bits per heavy atom. The Kier molecular flexibility index (Phi) is 12.0. The van der Waals surface area contributed by atoms with Gasteiger partial charge < -0.3 is 20.2 Å². The van der Waals surface area contributed by atoms with Gasteiger partial charge in [0.2, 0.25) is 11.8 Å². The second kappa shape index (κ2) is 13.7. The highest BCUT2D eigenvalue weighted by Gasteiger charge is 2.23. The van der Waals surface area contributed by atoms with Gasteiger partial charge in [0, 0.05) is 45.1 Å². The van der Waals surface area contributed by atoms with Crippen molar-refractivity contribution in [1.82, 2.24) is 10.6 Å². The van der Waals surface area contributed by atoms with E-state index in [-0.39, 0.29) is 23.6 Å². The molecule has 2 amide bonds. The molecule has 156 valence electrons. The number of amides is 2. The molecule has 6 nitrogen and oxygen atoms in total. The first-order valence-electron chi connectivity index (χ1n) is 10.5. The molecule has 0 atom stereocenters. The highest BCUT2D eigenvalue weighted by molar-refractivity contribution is 5.79. The van der Waals surface area contributed by atoms with Crippen LogP contribution in [0.3, 0.4) is 0 Å². The number of Topliss-reactive ketones (excluding diaryl/α,β-unsaturated/α-hetero) is 1. The van der Waals surface area contributed by atoms with Crippen molar-refractivity contribution in [3.63, 3.8) is 0 Å². The van der Waals surface area contributed by atoms with E-state index in [1.165, 1.54) is 0 Å². The second-order valence-corrected chi connectivity index (χ2v) is 8.22. The highest BCUT2D eigenvalue weighted by atomic mass is 16.5. The largest absolute Gasteiger partial charge is 0.381 e. The summed E-state index contributed by atoms with van der Waals surface area (Å²) in [6.07, 6.45) is 6.73. The fraction of sp³-hybridized carbons (Fsp3) is 0.857. The Hall–Kier alpha value is -1.43. The van der Waals surface area contributed by atoms with Gasteiger partial charge in [-0.05, 0) is 57.3 Å². The van der Waals surface area contributed by atoms with E-state index in [1.807, 2.05) is 0 Å². The minimum atomic E-state index is -0.00333. The summed E-state index contributed by atoms with van der Waals surface area (Å²) in [6.45, 7) is 7.89. The van der Waals surface area contributed by atoms with Gasteiger partial charge in [0.15, 0.2) is 0 Å². The Morgan fingerprint density at radius 1 is 1.00 bits per heavy atom. The van der Waals surface area contributed by atoms with Crippen LogP contribution in [0.1, 0.15) is 78.6 Å². The number of hydrogen-bond acceptors (Lipinski definition) is 4. The summed E-state index contributed by atoms with van der Waals surface area (Å²) >= 11 is 0. The molecule has 0 heterocycles. The van der Waals surface area contributed by atoms with Gasteiger partial charge in [0.1, 0.15) is 5.78 Å². The fourth-order valence-corrected chi connectivity index (χ4v) is 3.44. The van der Waals surface area contributed by atoms with Crippen LogP contribution in [-0.2, 0) is 19.1 Å². The van der Waals surface area contributed by atoms with Gasteiger partial charge in [0.05, 0.1) is 0 Å². The van der Waals surface area contributed by atoms with E-state index in [4.69, 9.17) is 4.74 Å². The summed E-state index contributed by atoms with van der Waals surface area (Å²) < 4.78 is 5.47. The van der Waals surface area contributed by atoms with Crippen molar-refractivity contribution in [2.45, 2.75) is 84.6 Å². The van der Waals surface area contributed by atoms with Crippen molar-refractivity contribution in [2.75, 3.05) is 19.8 Å². The molecule has 0 saturated heterocycles. The molecule has 0 radical (unpaired) electrons. The van der Waals surface area contributed by atoms with Gasteiger partial charge in [-0.2, -0.15) is 0 Å². The van der Waals surface area contributed by atoms with Crippen molar-refractivity contribution >= 4 is 17.6 Å². The van der Waals surface area contributed by atoms with Crippen LogP contribution in [0.15, 0.2) is 0 Å². The predicted molar refractivity (Wildman–Crippen MR) is 106 cm³/mol. The number of nitrogens with one attached hydrogen (secondary N) is 2. The zero-order valence-corrected chi connectivity index (χ0v) is 17.4. The van der Waals surface area contributed by atoms with Crippen molar-refractivity contribution < 1.29 is 19.1 Å². The predicted octanol–water partition coefficient (Wildman–Crippen LogP) is 2.99. The van der Waals surface area contributed by atoms with Crippen molar-refractivity contribution in [3.8, 4) is 0 Å². The summed E-state index contributed by atoms with van der Waals surface area (Å²) in [4.78, 5) is 35.0. The molecule has 0 aromatic carbocycles. The topological polar surface area (TPSA) is 84.5 Å². The maximum atomic E-state index is 12.0. The molecule has 1 aliphatic carbocycles. The lowest BCUT2D eigenvalue weighted by Gasteiger charge is -2.28. The van der Waals surface area contributed by atoms with Crippen LogP contribution >= 0.6 is 0 Å². The van der Waals surface area contributed by atoms with Crippen LogP contribution < -0.4 is 10.6 Å². The van der Waals surface area contributed by atoms with Gasteiger partial charge in [-0.15, -0.1) is 0 Å². The van der Waals surface area contributed by atoms with Crippen molar-refractivity contribution in [2.24, 2.45) is 11.8 Å². The maximum absolute atomic E-state index is 12.0. The molecule has 0 unspecified atom stereocenters. The lowest BCUT2D eigenvalue weighted by atomic mass is 9.83. The van der Waals surface area contributed by atoms with E-state index in [0.717, 1.165) is 38.7 Å². The summed E-state index contributed by atoms with van der Waals surface area (Å²) in [5, 5.41) is 5.94. The summed E-state index contributed by atoms with van der Waals surface area (Å²) in [5.41, 5.74) is 0. The van der Waals surface area contributed by atoms with Crippen LogP contribution in [-0.4, -0.2) is 43.4 Å². The molecule has 0 spiro atoms. The van der Waals surface area contributed by atoms with Gasteiger partial charge in [-0.25, -0.2) is 0 Å². The number of ketones is 1. The van der Waals surface area contributed by atoms with Gasteiger partial charge in [-0.3, -0.25) is 9.59 Å². The highest BCUT2D eigenvalue weighted by Crippen LogP contribution is 2.27. The minimum Gasteiger partial charge on any atom is -0.381 e. The van der Waals surface area contributed by atoms with Crippen LogP contribution in [0.4, 0.5) is 0 Å². The molecule has 0 aromatic heterocycles. The van der Waals surface area contributed by atoms with E-state index < -0.39 is 0 Å². The van der Waals surface area contributed by atoms with Crippen molar-refractivity contribution in [3.05, 3.63) is 0 Å². The Balaban J connectivity index is 2.00. The molecule has 0 aliphatic heterocycles. The Labute approximate surface area is 164 Å². The third-order valence-electron chi connectivity index (χ3n) is 4.83. The first kappa shape index (κ1) is 23.6. The molecule has 1 fully saturated rings. The van der Waals surface area contributed by atoms with Crippen LogP contribution in [0.5, 0.6) is 0 Å². The van der Waals surface area contributed by atoms with Crippen LogP contribution in [0, 0.1) is 11.8 Å². The van der Waals surface area contributed by atoms with Crippen LogP contribution in [0.2, 0.25) is 0 Å². The lowest BCUT2D eigenvalue weighted by Crippen LogP contribution is -2.37. The zero-order chi connectivity index (χ0) is 20.1. The molecular weight excluding hydrogens is 344 g/mol. The van der Waals surface area contributed by atoms with E-state index >= 15 is 0 Å². The second-order valence-electron chi connectivity index (χ2n) is 8.22. The standard InChI is InChI=1S/C21H38N2O4/c1-16(2)15-27-13-5-12-22-20(25)6-4-7-21(26)23-19-10-8-18(9-11-19)14-17(3)24/h16,18-19H,4-15H2,1-3H3,(H,22,25)(H,23,26). The van der Waals surface area contributed by atoms with Gasteiger partial charge in [-0.1, -0.05) is 13.8 Å². The number of carbonyl (C=O) groups excluding carboxylic acids is 3. The smallest absolute Gasteiger partial charge is 0.220 e. The van der Waals surface area contributed by atoms with Gasteiger partial charge in [0.25, 0.3) is 0 Å². The number of rotatable bonds is 13. The normalized spacial score (nSPS) is 19.7. The van der Waals surface area contributed by atoms with E-state index in [1.54, 1.807) is 6.92 Å². The number of carbonyl (C=O) groups is 3. The molecule has 1 rings (SSSR count). The zero-order valence-electron chi connectivity index (χ0n) is 17.4. The molecule has 6 heteroatoms. The molecule has 2 N–H and O–H groups in total. The SMILES string of the molecule is CC(=O)CC1CCC(NC(=O)CCCC(=O)NCCCOCC(C)C)CC1. The third kappa shape index (κ3) is 12.6. The summed E-state index contributed by atoms with van der Waals surface area (Å²) in [7, 11) is 0. The monoisotopic (exact) mass is 382 g/mol. The number of ether oxygens (including phenoxy) is 1. The Bertz CT molecular complexity index is 457. The molecule has 27 heavy (non-hydrogen) atoms. The first-order chi connectivity index (χ1) is 12.9. The first-order valence-corrected chi connectivity index (χ1v) is 10.5. The van der Waals surface area contributed by atoms with E-state index in [0.29, 0.717) is 50.7 Å². The Morgan fingerprint density at radius 2 is 1.67 bits per heavy atom. The van der Waals surface area contributed by atoms with Gasteiger partial charge >= 0.3 is 0 Å². The maximum Gasteiger partial charge on any atom is 0.220 e. The fourth-order valence-electron chi connectivity index (χ4n) is 3.44. The van der Waals surface area contributed by atoms with E-state index in [2.05, 4.69) is 24.5 Å². The van der Waals surface area contributed by atoms with Crippen LogP contribution in [0.25, 0.3) is 0 Å². The molecule has 1 saturated carbocycles. The summed E-state index contributed by atoms with van der Waals surface area (Å²) in [6, 6.07) is 0.223. The molecule has 1 aliphatic rings. The minimum absolute atomic E-state index is 0.00333. The molecule has 0 bridgehead atoms. The molecular formula is C21H38N2O4. The summed E-state index contributed by atoms with van der Waals surface area (Å²) in [5.74, 6) is 1.29.